The number of carboxylic acids is 1. The maximum atomic E-state index is 12.7. The third-order valence-corrected chi connectivity index (χ3v) is 6.29. The van der Waals surface area contributed by atoms with Gasteiger partial charge in [-0.3, -0.25) is 9.59 Å². The molecule has 0 spiro atoms. The molecule has 1 N–H and O–H groups in total. The SMILES string of the molecule is CCOC(=O)C1(C(=O)O)CCN(C(=O)OCC2c3ccccc3-c3ccccc32)CC1. The van der Waals surface area contributed by atoms with Gasteiger partial charge in [-0.15, -0.1) is 0 Å². The van der Waals surface area contributed by atoms with Gasteiger partial charge in [-0.1, -0.05) is 48.5 Å². The monoisotopic (exact) mass is 423 g/mol. The molecular weight excluding hydrogens is 398 g/mol. The number of carbonyl (C=O) groups excluding carboxylic acids is 2. The molecule has 0 unspecified atom stereocenters. The van der Waals surface area contributed by atoms with E-state index in [-0.39, 0.29) is 45.1 Å². The molecule has 1 aliphatic carbocycles. The van der Waals surface area contributed by atoms with Gasteiger partial charge in [0.25, 0.3) is 0 Å². The molecule has 0 aromatic heterocycles. The van der Waals surface area contributed by atoms with Crippen molar-refractivity contribution in [3.8, 4) is 11.1 Å². The highest BCUT2D eigenvalue weighted by Gasteiger charge is 2.50. The predicted octanol–water partition coefficient (Wildman–Crippen LogP) is 3.67. The second-order valence-corrected chi connectivity index (χ2v) is 7.90. The Labute approximate surface area is 180 Å². The van der Waals surface area contributed by atoms with Gasteiger partial charge in [-0.25, -0.2) is 4.79 Å². The minimum absolute atomic E-state index is 0.00532. The van der Waals surface area contributed by atoms with Crippen LogP contribution in [0.1, 0.15) is 36.8 Å². The first-order valence-corrected chi connectivity index (χ1v) is 10.5. The van der Waals surface area contributed by atoms with Crippen LogP contribution in [0, 0.1) is 5.41 Å². The zero-order valence-electron chi connectivity index (χ0n) is 17.4. The van der Waals surface area contributed by atoms with Crippen molar-refractivity contribution in [3.63, 3.8) is 0 Å². The number of carboxylic acid groups (broad SMARTS) is 1. The number of fused-ring (bicyclic) bond motifs is 3. The molecule has 1 saturated heterocycles. The van der Waals surface area contributed by atoms with Crippen molar-refractivity contribution < 1.29 is 29.0 Å². The van der Waals surface area contributed by atoms with E-state index in [2.05, 4.69) is 24.3 Å². The molecule has 1 heterocycles. The number of nitrogens with zero attached hydrogens (tertiary/aromatic N) is 1. The highest BCUT2D eigenvalue weighted by Crippen LogP contribution is 2.44. The average molecular weight is 423 g/mol. The van der Waals surface area contributed by atoms with Gasteiger partial charge in [0.1, 0.15) is 6.61 Å². The van der Waals surface area contributed by atoms with Crippen molar-refractivity contribution in [1.82, 2.24) is 4.90 Å². The zero-order valence-corrected chi connectivity index (χ0v) is 17.4. The summed E-state index contributed by atoms with van der Waals surface area (Å²) in [5, 5.41) is 9.61. The lowest BCUT2D eigenvalue weighted by atomic mass is 9.78. The predicted molar refractivity (Wildman–Crippen MR) is 113 cm³/mol. The Morgan fingerprint density at radius 1 is 0.968 bits per heavy atom. The van der Waals surface area contributed by atoms with Crippen LogP contribution in [0.15, 0.2) is 48.5 Å². The molecule has 7 nitrogen and oxygen atoms in total. The number of carbonyl (C=O) groups is 3. The van der Waals surface area contributed by atoms with Crippen LogP contribution in [0.5, 0.6) is 0 Å². The summed E-state index contributed by atoms with van der Waals surface area (Å²) in [4.78, 5) is 38.2. The maximum Gasteiger partial charge on any atom is 0.409 e. The largest absolute Gasteiger partial charge is 0.480 e. The Hall–Kier alpha value is -3.35. The van der Waals surface area contributed by atoms with Gasteiger partial charge in [-0.05, 0) is 42.0 Å². The molecule has 1 amide bonds. The molecule has 0 bridgehead atoms. The Kier molecular flexibility index (Phi) is 5.67. The van der Waals surface area contributed by atoms with Crippen LogP contribution in [-0.4, -0.2) is 54.3 Å². The van der Waals surface area contributed by atoms with Crippen molar-refractivity contribution in [2.24, 2.45) is 5.41 Å². The fourth-order valence-electron chi connectivity index (χ4n) is 4.53. The van der Waals surface area contributed by atoms with Gasteiger partial charge in [0, 0.05) is 19.0 Å². The van der Waals surface area contributed by atoms with Gasteiger partial charge in [-0.2, -0.15) is 0 Å². The molecule has 162 valence electrons. The summed E-state index contributed by atoms with van der Waals surface area (Å²) in [6.07, 6.45) is -0.485. The van der Waals surface area contributed by atoms with Gasteiger partial charge in [0.2, 0.25) is 0 Å². The van der Waals surface area contributed by atoms with E-state index in [1.165, 1.54) is 4.90 Å². The highest BCUT2D eigenvalue weighted by atomic mass is 16.6. The second kappa shape index (κ2) is 8.41. The molecule has 1 fully saturated rings. The minimum atomic E-state index is -1.60. The van der Waals surface area contributed by atoms with Gasteiger partial charge >= 0.3 is 18.0 Å². The number of ether oxygens (including phenoxy) is 2. The number of benzene rings is 2. The van der Waals surface area contributed by atoms with Crippen LogP contribution in [0.2, 0.25) is 0 Å². The smallest absolute Gasteiger partial charge is 0.409 e. The Balaban J connectivity index is 1.42. The van der Waals surface area contributed by atoms with Gasteiger partial charge in [0.15, 0.2) is 5.41 Å². The number of esters is 1. The number of likely N-dealkylation sites (tertiary alicyclic amines) is 1. The number of hydrogen-bond donors (Lipinski definition) is 1. The molecule has 2 aromatic carbocycles. The summed E-state index contributed by atoms with van der Waals surface area (Å²) >= 11 is 0. The molecule has 2 aromatic rings. The summed E-state index contributed by atoms with van der Waals surface area (Å²) in [5.41, 5.74) is 2.95. The van der Waals surface area contributed by atoms with Crippen LogP contribution < -0.4 is 0 Å². The number of piperidine rings is 1. The van der Waals surface area contributed by atoms with Crippen molar-refractivity contribution in [3.05, 3.63) is 59.7 Å². The second-order valence-electron chi connectivity index (χ2n) is 7.90. The van der Waals surface area contributed by atoms with E-state index in [9.17, 15) is 19.5 Å². The molecule has 1 aliphatic heterocycles. The topological polar surface area (TPSA) is 93.1 Å². The lowest BCUT2D eigenvalue weighted by Gasteiger charge is -2.36. The Morgan fingerprint density at radius 2 is 1.52 bits per heavy atom. The molecule has 2 aliphatic rings. The highest BCUT2D eigenvalue weighted by molar-refractivity contribution is 5.99. The summed E-state index contributed by atoms with van der Waals surface area (Å²) in [6.45, 7) is 2.21. The van der Waals surface area contributed by atoms with Crippen LogP contribution in [-0.2, 0) is 19.1 Å². The van der Waals surface area contributed by atoms with E-state index < -0.39 is 23.4 Å². The molecule has 0 radical (unpaired) electrons. The van der Waals surface area contributed by atoms with E-state index in [4.69, 9.17) is 9.47 Å². The summed E-state index contributed by atoms with van der Waals surface area (Å²) in [7, 11) is 0. The van der Waals surface area contributed by atoms with Gasteiger partial charge in [0.05, 0.1) is 6.61 Å². The van der Waals surface area contributed by atoms with Crippen LogP contribution in [0.25, 0.3) is 11.1 Å². The molecule has 4 rings (SSSR count). The Morgan fingerprint density at radius 3 is 2.03 bits per heavy atom. The zero-order chi connectivity index (χ0) is 22.0. The molecular formula is C24H25NO6. The van der Waals surface area contributed by atoms with Crippen LogP contribution >= 0.6 is 0 Å². The number of amides is 1. The quantitative estimate of drug-likeness (QED) is 0.583. The normalized spacial score (nSPS) is 16.9. The fraction of sp³-hybridized carbons (Fsp3) is 0.375. The number of hydrogen-bond acceptors (Lipinski definition) is 5. The van der Waals surface area contributed by atoms with Crippen molar-refractivity contribution in [1.29, 1.82) is 0 Å². The standard InChI is InChI=1S/C24H25NO6/c1-2-30-22(28)24(21(26)27)11-13-25(14-12-24)23(29)31-15-20-18-9-5-3-7-16(18)17-8-4-6-10-19(17)20/h3-10,20H,2,11-15H2,1H3,(H,26,27). The Bertz CT molecular complexity index is 963. The van der Waals surface area contributed by atoms with Crippen molar-refractivity contribution in [2.75, 3.05) is 26.3 Å². The van der Waals surface area contributed by atoms with E-state index in [0.717, 1.165) is 22.3 Å². The van der Waals surface area contributed by atoms with E-state index in [0.29, 0.717) is 0 Å². The maximum absolute atomic E-state index is 12.7. The van der Waals surface area contributed by atoms with Gasteiger partial charge < -0.3 is 19.5 Å². The van der Waals surface area contributed by atoms with Crippen molar-refractivity contribution in [2.45, 2.75) is 25.7 Å². The summed E-state index contributed by atoms with van der Waals surface area (Å²) in [6, 6.07) is 16.2. The summed E-state index contributed by atoms with van der Waals surface area (Å²) < 4.78 is 10.6. The van der Waals surface area contributed by atoms with Crippen LogP contribution in [0.3, 0.4) is 0 Å². The van der Waals surface area contributed by atoms with E-state index >= 15 is 0 Å². The number of rotatable bonds is 5. The lowest BCUT2D eigenvalue weighted by Crippen LogP contribution is -2.51. The van der Waals surface area contributed by atoms with E-state index in [1.54, 1.807) is 6.92 Å². The number of aliphatic carboxylic acids is 1. The fourth-order valence-corrected chi connectivity index (χ4v) is 4.53. The summed E-state index contributed by atoms with van der Waals surface area (Å²) in [5.74, 6) is -1.99. The average Bonchev–Trinajstić information content (AvgIpc) is 3.11. The first-order valence-electron chi connectivity index (χ1n) is 10.5. The molecule has 7 heteroatoms. The van der Waals surface area contributed by atoms with Crippen molar-refractivity contribution >= 4 is 18.0 Å². The van der Waals surface area contributed by atoms with Crippen LogP contribution in [0.4, 0.5) is 4.79 Å². The molecule has 0 saturated carbocycles. The minimum Gasteiger partial charge on any atom is -0.480 e. The lowest BCUT2D eigenvalue weighted by molar-refractivity contribution is -0.172. The van der Waals surface area contributed by atoms with E-state index in [1.807, 2.05) is 24.3 Å². The molecule has 0 atom stereocenters. The third kappa shape index (κ3) is 3.65. The first kappa shape index (κ1) is 20.9. The molecule has 31 heavy (non-hydrogen) atoms. The third-order valence-electron chi connectivity index (χ3n) is 6.29. The first-order chi connectivity index (χ1) is 15.0.